The Morgan fingerprint density at radius 3 is 3.21 bits per heavy atom. The van der Waals surface area contributed by atoms with E-state index >= 15 is 0 Å². The third-order valence-electron chi connectivity index (χ3n) is 2.18. The van der Waals surface area contributed by atoms with Gasteiger partial charge in [0, 0.05) is 19.6 Å². The first-order chi connectivity index (χ1) is 6.77. The van der Waals surface area contributed by atoms with E-state index in [0.29, 0.717) is 19.7 Å². The number of terminal acetylenes is 1. The molecule has 1 rings (SSSR count). The molecule has 0 saturated carbocycles. The molecule has 1 N–H and O–H groups in total. The number of hydrogen-bond acceptors (Lipinski definition) is 3. The van der Waals surface area contributed by atoms with Crippen LogP contribution in [0.5, 0.6) is 0 Å². The number of likely N-dealkylation sites (N-methyl/N-ethyl adjacent to an activating group) is 1. The minimum atomic E-state index is 0.0249. The Bertz CT molecular complexity index is 233. The molecule has 0 radical (unpaired) electrons. The highest BCUT2D eigenvalue weighted by molar-refractivity contribution is 5.78. The topological polar surface area (TPSA) is 41.6 Å². The number of hydrogen-bond donors (Lipinski definition) is 1. The SMILES string of the molecule is C#CCC(=O)N1CCOC(CNC)C1. The van der Waals surface area contributed by atoms with Crippen LogP contribution in [0.15, 0.2) is 0 Å². The molecule has 1 fully saturated rings. The van der Waals surface area contributed by atoms with Crippen molar-refractivity contribution in [2.75, 3.05) is 33.3 Å². The van der Waals surface area contributed by atoms with Gasteiger partial charge in [-0.25, -0.2) is 0 Å². The van der Waals surface area contributed by atoms with Crippen LogP contribution < -0.4 is 5.32 Å². The molecule has 0 bridgehead atoms. The summed E-state index contributed by atoms with van der Waals surface area (Å²) in [5.41, 5.74) is 0. The molecule has 1 aliphatic heterocycles. The average Bonchev–Trinajstić information content (AvgIpc) is 2.19. The lowest BCUT2D eigenvalue weighted by Crippen LogP contribution is -2.48. The van der Waals surface area contributed by atoms with Crippen LogP contribution in [-0.2, 0) is 9.53 Å². The zero-order valence-corrected chi connectivity index (χ0v) is 8.45. The van der Waals surface area contributed by atoms with Crippen molar-refractivity contribution in [3.63, 3.8) is 0 Å². The van der Waals surface area contributed by atoms with Crippen LogP contribution in [0.4, 0.5) is 0 Å². The normalized spacial score (nSPS) is 21.7. The molecule has 1 atom stereocenters. The number of rotatable bonds is 3. The third kappa shape index (κ3) is 3.02. The number of amides is 1. The Kier molecular flexibility index (Phi) is 4.44. The second-order valence-electron chi connectivity index (χ2n) is 3.27. The average molecular weight is 196 g/mol. The van der Waals surface area contributed by atoms with Gasteiger partial charge in [-0.3, -0.25) is 4.79 Å². The van der Waals surface area contributed by atoms with Gasteiger partial charge < -0.3 is 15.0 Å². The lowest BCUT2D eigenvalue weighted by atomic mass is 10.2. The van der Waals surface area contributed by atoms with E-state index in [1.165, 1.54) is 0 Å². The summed E-state index contributed by atoms with van der Waals surface area (Å²) >= 11 is 0. The fraction of sp³-hybridized carbons (Fsp3) is 0.700. The molecule has 1 amide bonds. The lowest BCUT2D eigenvalue weighted by molar-refractivity contribution is -0.137. The summed E-state index contributed by atoms with van der Waals surface area (Å²) in [7, 11) is 1.87. The first-order valence-electron chi connectivity index (χ1n) is 4.75. The molecule has 0 aromatic rings. The van der Waals surface area contributed by atoms with Crippen molar-refractivity contribution in [2.24, 2.45) is 0 Å². The molecule has 0 aliphatic carbocycles. The monoisotopic (exact) mass is 196 g/mol. The van der Waals surface area contributed by atoms with Crippen molar-refractivity contribution in [3.8, 4) is 12.3 Å². The fourth-order valence-corrected chi connectivity index (χ4v) is 1.50. The minimum absolute atomic E-state index is 0.0249. The van der Waals surface area contributed by atoms with E-state index in [4.69, 9.17) is 11.2 Å². The van der Waals surface area contributed by atoms with Crippen LogP contribution in [0.3, 0.4) is 0 Å². The maximum absolute atomic E-state index is 11.5. The molecular weight excluding hydrogens is 180 g/mol. The molecule has 1 heterocycles. The quantitative estimate of drug-likeness (QED) is 0.616. The highest BCUT2D eigenvalue weighted by atomic mass is 16.5. The molecule has 1 aliphatic rings. The highest BCUT2D eigenvalue weighted by Gasteiger charge is 2.22. The molecule has 1 unspecified atom stereocenters. The van der Waals surface area contributed by atoms with Gasteiger partial charge in [-0.15, -0.1) is 6.42 Å². The van der Waals surface area contributed by atoms with Crippen molar-refractivity contribution in [2.45, 2.75) is 12.5 Å². The van der Waals surface area contributed by atoms with Crippen LogP contribution in [0.1, 0.15) is 6.42 Å². The smallest absolute Gasteiger partial charge is 0.234 e. The zero-order valence-electron chi connectivity index (χ0n) is 8.45. The van der Waals surface area contributed by atoms with Crippen molar-refractivity contribution in [1.82, 2.24) is 10.2 Å². The van der Waals surface area contributed by atoms with Gasteiger partial charge in [-0.2, -0.15) is 0 Å². The molecular formula is C10H16N2O2. The first-order valence-corrected chi connectivity index (χ1v) is 4.75. The Morgan fingerprint density at radius 2 is 2.57 bits per heavy atom. The maximum atomic E-state index is 11.5. The van der Waals surface area contributed by atoms with Crippen molar-refractivity contribution < 1.29 is 9.53 Å². The largest absolute Gasteiger partial charge is 0.373 e. The molecule has 78 valence electrons. The van der Waals surface area contributed by atoms with Gasteiger partial charge in [-0.1, -0.05) is 5.92 Å². The van der Waals surface area contributed by atoms with Crippen molar-refractivity contribution in [3.05, 3.63) is 0 Å². The summed E-state index contributed by atoms with van der Waals surface area (Å²) < 4.78 is 5.47. The van der Waals surface area contributed by atoms with Crippen LogP contribution in [0, 0.1) is 12.3 Å². The van der Waals surface area contributed by atoms with Gasteiger partial charge in [0.05, 0.1) is 19.1 Å². The van der Waals surface area contributed by atoms with Gasteiger partial charge in [0.25, 0.3) is 0 Å². The summed E-state index contributed by atoms with van der Waals surface area (Å²) in [6.45, 7) is 2.66. The summed E-state index contributed by atoms with van der Waals surface area (Å²) in [6.07, 6.45) is 5.37. The molecule has 4 nitrogen and oxygen atoms in total. The molecule has 0 aromatic heterocycles. The van der Waals surface area contributed by atoms with E-state index < -0.39 is 0 Å². The molecule has 14 heavy (non-hydrogen) atoms. The van der Waals surface area contributed by atoms with E-state index in [2.05, 4.69) is 11.2 Å². The van der Waals surface area contributed by atoms with E-state index in [0.717, 1.165) is 6.54 Å². The summed E-state index contributed by atoms with van der Waals surface area (Å²) in [5, 5.41) is 3.03. The van der Waals surface area contributed by atoms with E-state index in [-0.39, 0.29) is 18.4 Å². The maximum Gasteiger partial charge on any atom is 0.234 e. The van der Waals surface area contributed by atoms with Gasteiger partial charge >= 0.3 is 0 Å². The second-order valence-corrected chi connectivity index (χ2v) is 3.27. The summed E-state index contributed by atoms with van der Waals surface area (Å²) in [5.74, 6) is 2.39. The predicted molar refractivity (Wildman–Crippen MR) is 53.7 cm³/mol. The Labute approximate surface area is 84.6 Å². The zero-order chi connectivity index (χ0) is 10.4. The van der Waals surface area contributed by atoms with Gasteiger partial charge in [0.1, 0.15) is 0 Å². The van der Waals surface area contributed by atoms with Crippen LogP contribution >= 0.6 is 0 Å². The lowest BCUT2D eigenvalue weighted by Gasteiger charge is -2.32. The van der Waals surface area contributed by atoms with Gasteiger partial charge in [-0.05, 0) is 7.05 Å². The van der Waals surface area contributed by atoms with E-state index in [1.807, 2.05) is 7.05 Å². The van der Waals surface area contributed by atoms with Crippen LogP contribution in [-0.4, -0.2) is 50.2 Å². The Balaban J connectivity index is 2.40. The predicted octanol–water partition coefficient (Wildman–Crippen LogP) is -0.543. The molecule has 0 spiro atoms. The van der Waals surface area contributed by atoms with Crippen molar-refractivity contribution >= 4 is 5.91 Å². The number of carbonyl (C=O) groups is 1. The molecule has 0 aromatic carbocycles. The van der Waals surface area contributed by atoms with Crippen LogP contribution in [0.2, 0.25) is 0 Å². The van der Waals surface area contributed by atoms with Crippen molar-refractivity contribution in [1.29, 1.82) is 0 Å². The summed E-state index contributed by atoms with van der Waals surface area (Å²) in [6, 6.07) is 0. The number of ether oxygens (including phenoxy) is 1. The number of morpholine rings is 1. The summed E-state index contributed by atoms with van der Waals surface area (Å²) in [4.78, 5) is 13.2. The standard InChI is InChI=1S/C10H16N2O2/c1-3-4-10(13)12-5-6-14-9(8-12)7-11-2/h1,9,11H,4-8H2,2H3. The van der Waals surface area contributed by atoms with Gasteiger partial charge in [0.15, 0.2) is 0 Å². The van der Waals surface area contributed by atoms with E-state index in [1.54, 1.807) is 4.90 Å². The number of nitrogens with zero attached hydrogens (tertiary/aromatic N) is 1. The Hall–Kier alpha value is -1.05. The van der Waals surface area contributed by atoms with Crippen LogP contribution in [0.25, 0.3) is 0 Å². The van der Waals surface area contributed by atoms with E-state index in [9.17, 15) is 4.79 Å². The van der Waals surface area contributed by atoms with Gasteiger partial charge in [0.2, 0.25) is 5.91 Å². The molecule has 1 saturated heterocycles. The Morgan fingerprint density at radius 1 is 1.79 bits per heavy atom. The fourth-order valence-electron chi connectivity index (χ4n) is 1.50. The molecule has 4 heteroatoms. The number of carbonyl (C=O) groups excluding carboxylic acids is 1. The number of nitrogens with one attached hydrogen (secondary N) is 1. The first kappa shape index (κ1) is 11.0. The minimum Gasteiger partial charge on any atom is -0.373 e. The third-order valence-corrected chi connectivity index (χ3v) is 2.18. The second kappa shape index (κ2) is 5.63. The highest BCUT2D eigenvalue weighted by Crippen LogP contribution is 2.05.